The molecule has 5 heteroatoms. The SMILES string of the molecule is Brc1ccc(C(Br)c2cc(Br)cc3c2OCC3)c(Br)c1. The fourth-order valence-electron chi connectivity index (χ4n) is 2.36. The Kier molecular flexibility index (Phi) is 4.60. The van der Waals surface area contributed by atoms with Gasteiger partial charge in [-0.2, -0.15) is 0 Å². The molecule has 2 aromatic rings. The molecule has 0 aromatic heterocycles. The van der Waals surface area contributed by atoms with Crippen molar-refractivity contribution < 1.29 is 4.74 Å². The molecule has 104 valence electrons. The summed E-state index contributed by atoms with van der Waals surface area (Å²) in [7, 11) is 0. The molecule has 0 aliphatic carbocycles. The first-order valence-corrected chi connectivity index (χ1v) is 9.40. The quantitative estimate of drug-likeness (QED) is 0.413. The minimum atomic E-state index is 0.0920. The predicted molar refractivity (Wildman–Crippen MR) is 96.0 cm³/mol. The topological polar surface area (TPSA) is 9.23 Å². The summed E-state index contributed by atoms with van der Waals surface area (Å²) in [6.07, 6.45) is 0.975. The molecule has 0 radical (unpaired) electrons. The Balaban J connectivity index is 2.09. The van der Waals surface area contributed by atoms with Crippen LogP contribution in [0.1, 0.15) is 21.5 Å². The fraction of sp³-hybridized carbons (Fsp3) is 0.200. The van der Waals surface area contributed by atoms with Crippen LogP contribution in [0, 0.1) is 0 Å². The number of ether oxygens (including phenoxy) is 1. The van der Waals surface area contributed by atoms with Crippen molar-refractivity contribution in [2.24, 2.45) is 0 Å². The Labute approximate surface area is 151 Å². The largest absolute Gasteiger partial charge is 0.493 e. The fourth-order valence-corrected chi connectivity index (χ4v) is 5.21. The Morgan fingerprint density at radius 2 is 1.75 bits per heavy atom. The molecule has 0 bridgehead atoms. The minimum absolute atomic E-state index is 0.0920. The number of fused-ring (bicyclic) bond motifs is 1. The van der Waals surface area contributed by atoms with Gasteiger partial charge in [0, 0.05) is 25.4 Å². The zero-order valence-corrected chi connectivity index (χ0v) is 16.6. The van der Waals surface area contributed by atoms with Gasteiger partial charge in [-0.15, -0.1) is 0 Å². The first kappa shape index (κ1) is 15.1. The van der Waals surface area contributed by atoms with Crippen LogP contribution in [-0.2, 0) is 6.42 Å². The molecular formula is C15H10Br4O. The lowest BCUT2D eigenvalue weighted by Gasteiger charge is -2.17. The van der Waals surface area contributed by atoms with Crippen molar-refractivity contribution in [2.45, 2.75) is 11.2 Å². The lowest BCUT2D eigenvalue weighted by atomic mass is 10.0. The average Bonchev–Trinajstić information content (AvgIpc) is 2.85. The van der Waals surface area contributed by atoms with Crippen LogP contribution in [0.2, 0.25) is 0 Å². The number of halogens is 4. The third kappa shape index (κ3) is 2.87. The summed E-state index contributed by atoms with van der Waals surface area (Å²) in [5.41, 5.74) is 3.62. The predicted octanol–water partition coefficient (Wildman–Crippen LogP) is 6.39. The van der Waals surface area contributed by atoms with Crippen molar-refractivity contribution in [3.8, 4) is 5.75 Å². The van der Waals surface area contributed by atoms with Crippen LogP contribution in [0.25, 0.3) is 0 Å². The van der Waals surface area contributed by atoms with E-state index < -0.39 is 0 Å². The number of benzene rings is 2. The molecule has 0 saturated heterocycles. The second-order valence-corrected chi connectivity index (χ2v) is 8.21. The lowest BCUT2D eigenvalue weighted by Crippen LogP contribution is -1.98. The molecule has 3 rings (SSSR count). The van der Waals surface area contributed by atoms with E-state index in [0.717, 1.165) is 37.8 Å². The second kappa shape index (κ2) is 6.11. The molecule has 0 amide bonds. The summed E-state index contributed by atoms with van der Waals surface area (Å²) in [5.74, 6) is 1.02. The van der Waals surface area contributed by atoms with Crippen LogP contribution in [0.15, 0.2) is 43.7 Å². The van der Waals surface area contributed by atoms with Gasteiger partial charge in [-0.05, 0) is 35.4 Å². The zero-order chi connectivity index (χ0) is 14.3. The van der Waals surface area contributed by atoms with E-state index in [1.807, 2.05) is 6.07 Å². The van der Waals surface area contributed by atoms with Crippen LogP contribution in [-0.4, -0.2) is 6.61 Å². The van der Waals surface area contributed by atoms with Gasteiger partial charge in [0.2, 0.25) is 0 Å². The molecule has 1 aliphatic rings. The van der Waals surface area contributed by atoms with Gasteiger partial charge in [-0.3, -0.25) is 0 Å². The van der Waals surface area contributed by atoms with Crippen molar-refractivity contribution in [3.63, 3.8) is 0 Å². The average molecular weight is 526 g/mol. The maximum Gasteiger partial charge on any atom is 0.127 e. The van der Waals surface area contributed by atoms with Crippen LogP contribution in [0.4, 0.5) is 0 Å². The van der Waals surface area contributed by atoms with E-state index in [0.29, 0.717) is 0 Å². The van der Waals surface area contributed by atoms with Crippen molar-refractivity contribution >= 4 is 63.7 Å². The van der Waals surface area contributed by atoms with E-state index in [1.54, 1.807) is 0 Å². The number of rotatable bonds is 2. The summed E-state index contributed by atoms with van der Waals surface area (Å²) >= 11 is 14.5. The van der Waals surface area contributed by atoms with E-state index in [-0.39, 0.29) is 4.83 Å². The molecule has 0 spiro atoms. The molecule has 1 aliphatic heterocycles. The Bertz CT molecular complexity index is 669. The number of hydrogen-bond acceptors (Lipinski definition) is 1. The first-order chi connectivity index (χ1) is 9.56. The van der Waals surface area contributed by atoms with Gasteiger partial charge in [-0.25, -0.2) is 0 Å². The third-order valence-electron chi connectivity index (χ3n) is 3.29. The van der Waals surface area contributed by atoms with E-state index in [1.165, 1.54) is 11.1 Å². The van der Waals surface area contributed by atoms with E-state index >= 15 is 0 Å². The molecule has 1 unspecified atom stereocenters. The minimum Gasteiger partial charge on any atom is -0.493 e. The van der Waals surface area contributed by atoms with Crippen LogP contribution < -0.4 is 4.74 Å². The van der Waals surface area contributed by atoms with Gasteiger partial charge in [0.15, 0.2) is 0 Å². The number of alkyl halides is 1. The van der Waals surface area contributed by atoms with E-state index in [4.69, 9.17) is 4.74 Å². The van der Waals surface area contributed by atoms with Gasteiger partial charge in [0.05, 0.1) is 11.4 Å². The van der Waals surface area contributed by atoms with Gasteiger partial charge in [-0.1, -0.05) is 69.8 Å². The van der Waals surface area contributed by atoms with Gasteiger partial charge in [0.1, 0.15) is 5.75 Å². The second-order valence-electron chi connectivity index (χ2n) is 4.61. The van der Waals surface area contributed by atoms with Gasteiger partial charge in [0.25, 0.3) is 0 Å². The monoisotopic (exact) mass is 522 g/mol. The molecular weight excluding hydrogens is 516 g/mol. The highest BCUT2D eigenvalue weighted by atomic mass is 79.9. The summed E-state index contributed by atoms with van der Waals surface area (Å²) in [6.45, 7) is 0.764. The summed E-state index contributed by atoms with van der Waals surface area (Å²) in [4.78, 5) is 0.0920. The number of hydrogen-bond donors (Lipinski definition) is 0. The summed E-state index contributed by atoms with van der Waals surface area (Å²) < 4.78 is 9.04. The van der Waals surface area contributed by atoms with Crippen LogP contribution in [0.3, 0.4) is 0 Å². The highest BCUT2D eigenvalue weighted by Crippen LogP contribution is 2.44. The van der Waals surface area contributed by atoms with E-state index in [2.05, 4.69) is 88.0 Å². The highest BCUT2D eigenvalue weighted by Gasteiger charge is 2.24. The molecule has 20 heavy (non-hydrogen) atoms. The highest BCUT2D eigenvalue weighted by molar-refractivity contribution is 9.11. The van der Waals surface area contributed by atoms with E-state index in [9.17, 15) is 0 Å². The Morgan fingerprint density at radius 3 is 2.50 bits per heavy atom. The van der Waals surface area contributed by atoms with Crippen LogP contribution >= 0.6 is 63.7 Å². The standard InChI is InChI=1S/C15H10Br4O/c16-9-1-2-11(13(18)7-9)14(19)12-6-10(17)5-8-3-4-20-15(8)12/h1-2,5-7,14H,3-4H2. The molecule has 1 nitrogen and oxygen atoms in total. The normalized spacial score (nSPS) is 14.8. The van der Waals surface area contributed by atoms with Gasteiger partial charge >= 0.3 is 0 Å². The third-order valence-corrected chi connectivity index (χ3v) is 5.91. The molecule has 0 N–H and O–H groups in total. The van der Waals surface area contributed by atoms with Crippen molar-refractivity contribution in [3.05, 3.63) is 60.4 Å². The smallest absolute Gasteiger partial charge is 0.127 e. The Hall–Kier alpha value is 0.160. The molecule has 1 atom stereocenters. The zero-order valence-electron chi connectivity index (χ0n) is 10.3. The molecule has 2 aromatic carbocycles. The van der Waals surface area contributed by atoms with Crippen molar-refractivity contribution in [1.29, 1.82) is 0 Å². The first-order valence-electron chi connectivity index (χ1n) is 6.10. The van der Waals surface area contributed by atoms with Crippen LogP contribution in [0.5, 0.6) is 5.75 Å². The maximum atomic E-state index is 5.82. The van der Waals surface area contributed by atoms with Crippen molar-refractivity contribution in [2.75, 3.05) is 6.61 Å². The molecule has 1 heterocycles. The molecule has 0 saturated carbocycles. The summed E-state index contributed by atoms with van der Waals surface area (Å²) in [6, 6.07) is 10.5. The van der Waals surface area contributed by atoms with Gasteiger partial charge < -0.3 is 4.74 Å². The maximum absolute atomic E-state index is 5.82. The summed E-state index contributed by atoms with van der Waals surface area (Å²) in [5, 5.41) is 0. The lowest BCUT2D eigenvalue weighted by molar-refractivity contribution is 0.354. The Morgan fingerprint density at radius 1 is 0.950 bits per heavy atom. The molecule has 0 fully saturated rings. The van der Waals surface area contributed by atoms with Crippen molar-refractivity contribution in [1.82, 2.24) is 0 Å².